The van der Waals surface area contributed by atoms with E-state index in [0.717, 1.165) is 0 Å². The molecule has 0 aromatic rings. The van der Waals surface area contributed by atoms with Crippen molar-refractivity contribution in [2.24, 2.45) is 0 Å². The van der Waals surface area contributed by atoms with Crippen LogP contribution in [0.15, 0.2) is 0 Å². The minimum atomic E-state index is -0.641. The first kappa shape index (κ1) is 18.1. The molecule has 0 saturated carbocycles. The van der Waals surface area contributed by atoms with Crippen LogP contribution >= 0.6 is 0 Å². The molecule has 6 heteroatoms. The van der Waals surface area contributed by atoms with E-state index in [1.807, 2.05) is 27.7 Å². The number of hydrogen-bond acceptors (Lipinski definition) is 6. The van der Waals surface area contributed by atoms with Crippen molar-refractivity contribution in [2.75, 3.05) is 20.0 Å². The minimum absolute atomic E-state index is 0.112. The fraction of sp³-hybridized carbons (Fsp3) is 1.00. The van der Waals surface area contributed by atoms with E-state index in [0.29, 0.717) is 20.0 Å². The molecule has 0 aromatic heterocycles. The molecule has 3 fully saturated rings. The van der Waals surface area contributed by atoms with E-state index in [1.54, 1.807) is 0 Å². The van der Waals surface area contributed by atoms with Crippen molar-refractivity contribution in [3.05, 3.63) is 0 Å². The Kier molecular flexibility index (Phi) is 5.85. The Morgan fingerprint density at radius 2 is 1.41 bits per heavy atom. The van der Waals surface area contributed by atoms with Crippen molar-refractivity contribution in [1.82, 2.24) is 0 Å². The van der Waals surface area contributed by atoms with Gasteiger partial charge in [-0.2, -0.15) is 0 Å². The normalized spacial score (nSPS) is 39.5. The molecule has 3 aliphatic rings. The van der Waals surface area contributed by atoms with Gasteiger partial charge in [-0.05, 0) is 27.7 Å². The first-order chi connectivity index (χ1) is 10.3. The summed E-state index contributed by atoms with van der Waals surface area (Å²) in [5, 5.41) is 0. The zero-order valence-corrected chi connectivity index (χ0v) is 14.6. The van der Waals surface area contributed by atoms with Gasteiger partial charge in [0, 0.05) is 0 Å². The highest BCUT2D eigenvalue weighted by molar-refractivity contribution is 4.94. The Bertz CT molecular complexity index is 351. The van der Waals surface area contributed by atoms with Crippen LogP contribution in [0.1, 0.15) is 48.0 Å². The summed E-state index contributed by atoms with van der Waals surface area (Å²) in [4.78, 5) is 0. The lowest BCUT2D eigenvalue weighted by Crippen LogP contribution is -2.44. The third-order valence-corrected chi connectivity index (χ3v) is 3.57. The smallest absolute Gasteiger partial charge is 0.164 e. The highest BCUT2D eigenvalue weighted by Gasteiger charge is 2.53. The summed E-state index contributed by atoms with van der Waals surface area (Å²) < 4.78 is 34.3. The first-order valence-corrected chi connectivity index (χ1v) is 8.14. The van der Waals surface area contributed by atoms with Crippen molar-refractivity contribution in [2.45, 2.75) is 84.0 Å². The highest BCUT2D eigenvalue weighted by atomic mass is 16.8. The predicted octanol–water partition coefficient (Wildman–Crippen LogP) is 2.45. The van der Waals surface area contributed by atoms with Crippen LogP contribution in [0.25, 0.3) is 0 Å². The maximum atomic E-state index is 5.99. The summed E-state index contributed by atoms with van der Waals surface area (Å²) in [7, 11) is 0. The molecule has 0 aromatic carbocycles. The van der Waals surface area contributed by atoms with Crippen LogP contribution in [0, 0.1) is 0 Å². The van der Waals surface area contributed by atoms with Gasteiger partial charge in [-0.1, -0.05) is 20.3 Å². The molecule has 0 radical (unpaired) electrons. The average Bonchev–Trinajstić information content (AvgIpc) is 3.08. The second kappa shape index (κ2) is 7.11. The fourth-order valence-corrected chi connectivity index (χ4v) is 2.81. The van der Waals surface area contributed by atoms with Crippen LogP contribution in [0.2, 0.25) is 0 Å². The van der Waals surface area contributed by atoms with Gasteiger partial charge < -0.3 is 28.4 Å². The molecule has 3 aliphatic heterocycles. The van der Waals surface area contributed by atoms with Gasteiger partial charge in [-0.3, -0.25) is 0 Å². The van der Waals surface area contributed by atoms with Gasteiger partial charge in [0.1, 0.15) is 31.2 Å². The SMILES string of the molecule is CC1(C)OCC(C2OC(C)(C)OC2C2COCO2)O1.CCC. The molecule has 6 nitrogen and oxygen atoms in total. The Labute approximate surface area is 133 Å². The van der Waals surface area contributed by atoms with Gasteiger partial charge in [-0.15, -0.1) is 0 Å². The monoisotopic (exact) mass is 318 g/mol. The summed E-state index contributed by atoms with van der Waals surface area (Å²) in [5.41, 5.74) is 0. The zero-order valence-electron chi connectivity index (χ0n) is 14.6. The van der Waals surface area contributed by atoms with Crippen LogP contribution in [-0.2, 0) is 28.4 Å². The Balaban J connectivity index is 0.000000545. The molecule has 4 atom stereocenters. The number of rotatable bonds is 2. The highest BCUT2D eigenvalue weighted by Crippen LogP contribution is 2.37. The fourth-order valence-electron chi connectivity index (χ4n) is 2.81. The van der Waals surface area contributed by atoms with Crippen LogP contribution in [0.3, 0.4) is 0 Å². The number of ether oxygens (including phenoxy) is 6. The maximum Gasteiger partial charge on any atom is 0.164 e. The molecule has 130 valence electrons. The van der Waals surface area contributed by atoms with Crippen molar-refractivity contribution < 1.29 is 28.4 Å². The van der Waals surface area contributed by atoms with Crippen molar-refractivity contribution in [3.8, 4) is 0 Å². The summed E-state index contributed by atoms with van der Waals surface area (Å²) in [5.74, 6) is -1.21. The largest absolute Gasteiger partial charge is 0.353 e. The summed E-state index contributed by atoms with van der Waals surface area (Å²) in [6.07, 6.45) is 0.591. The quantitative estimate of drug-likeness (QED) is 0.779. The average molecular weight is 318 g/mol. The standard InChI is InChI=1S/C13H22O6.C3H8/c1-12(2)16-6-9(17-12)11-10(8-5-14-7-15-8)18-13(3,4)19-11;1-3-2/h8-11H,5-7H2,1-4H3;3H2,1-2H3. The molecule has 3 heterocycles. The van der Waals surface area contributed by atoms with Gasteiger partial charge in [0.25, 0.3) is 0 Å². The van der Waals surface area contributed by atoms with Gasteiger partial charge in [0.2, 0.25) is 0 Å². The van der Waals surface area contributed by atoms with Gasteiger partial charge in [0.15, 0.2) is 11.6 Å². The topological polar surface area (TPSA) is 55.4 Å². The Morgan fingerprint density at radius 3 is 1.86 bits per heavy atom. The van der Waals surface area contributed by atoms with Crippen molar-refractivity contribution in [1.29, 1.82) is 0 Å². The molecule has 0 amide bonds. The third-order valence-electron chi connectivity index (χ3n) is 3.57. The van der Waals surface area contributed by atoms with E-state index in [-0.39, 0.29) is 24.4 Å². The lowest BCUT2D eigenvalue weighted by Gasteiger charge is -2.25. The molecule has 0 bridgehead atoms. The Hall–Kier alpha value is -0.240. The van der Waals surface area contributed by atoms with Crippen molar-refractivity contribution >= 4 is 0 Å². The van der Waals surface area contributed by atoms with E-state index >= 15 is 0 Å². The molecule has 3 saturated heterocycles. The van der Waals surface area contributed by atoms with E-state index in [2.05, 4.69) is 13.8 Å². The molecule has 4 unspecified atom stereocenters. The molecular weight excluding hydrogens is 288 g/mol. The third kappa shape index (κ3) is 4.40. The molecule has 0 spiro atoms. The van der Waals surface area contributed by atoms with Crippen LogP contribution in [0.5, 0.6) is 0 Å². The zero-order chi connectivity index (χ0) is 16.4. The molecule has 0 aliphatic carbocycles. The molecule has 3 rings (SSSR count). The van der Waals surface area contributed by atoms with E-state index in [4.69, 9.17) is 28.4 Å². The summed E-state index contributed by atoms with van der Waals surface area (Å²) in [6, 6.07) is 0. The van der Waals surface area contributed by atoms with Crippen LogP contribution in [0.4, 0.5) is 0 Å². The Morgan fingerprint density at radius 1 is 0.818 bits per heavy atom. The maximum absolute atomic E-state index is 5.99. The van der Waals surface area contributed by atoms with E-state index < -0.39 is 11.6 Å². The number of hydrogen-bond donors (Lipinski definition) is 0. The van der Waals surface area contributed by atoms with Gasteiger partial charge in [0.05, 0.1) is 13.2 Å². The van der Waals surface area contributed by atoms with Gasteiger partial charge >= 0.3 is 0 Å². The van der Waals surface area contributed by atoms with E-state index in [9.17, 15) is 0 Å². The van der Waals surface area contributed by atoms with Gasteiger partial charge in [-0.25, -0.2) is 0 Å². The summed E-state index contributed by atoms with van der Waals surface area (Å²) in [6.45, 7) is 13.2. The molecule has 22 heavy (non-hydrogen) atoms. The van der Waals surface area contributed by atoms with Crippen LogP contribution in [-0.4, -0.2) is 56.0 Å². The summed E-state index contributed by atoms with van der Waals surface area (Å²) >= 11 is 0. The lowest BCUT2D eigenvalue weighted by atomic mass is 10.0. The van der Waals surface area contributed by atoms with E-state index in [1.165, 1.54) is 6.42 Å². The predicted molar refractivity (Wildman–Crippen MR) is 80.4 cm³/mol. The molecule has 0 N–H and O–H groups in total. The minimum Gasteiger partial charge on any atom is -0.353 e. The molecular formula is C16H30O6. The first-order valence-electron chi connectivity index (χ1n) is 8.14. The van der Waals surface area contributed by atoms with Crippen LogP contribution < -0.4 is 0 Å². The second-order valence-corrected chi connectivity index (χ2v) is 6.83. The lowest BCUT2D eigenvalue weighted by molar-refractivity contribution is -0.175. The second-order valence-electron chi connectivity index (χ2n) is 6.83. The van der Waals surface area contributed by atoms with Crippen molar-refractivity contribution in [3.63, 3.8) is 0 Å².